The monoisotopic (exact) mass is 593 g/mol. The van der Waals surface area contributed by atoms with Gasteiger partial charge in [0.15, 0.2) is 0 Å². The molecular weight excluding hydrogens is 558 g/mol. The molecule has 9 nitrogen and oxygen atoms in total. The van der Waals surface area contributed by atoms with Crippen LogP contribution >= 0.6 is 22.7 Å². The molecule has 0 aliphatic carbocycles. The maximum Gasteiger partial charge on any atom is 0.407 e. The summed E-state index contributed by atoms with van der Waals surface area (Å²) < 4.78 is 10.9. The molecule has 0 bridgehead atoms. The first-order valence-electron chi connectivity index (χ1n) is 13.5. The molecule has 2 N–H and O–H groups in total. The summed E-state index contributed by atoms with van der Waals surface area (Å²) >= 11 is 2.89. The number of hydrogen-bond donors (Lipinski definition) is 2. The number of likely N-dealkylation sites (N-methyl/N-ethyl adjacent to an activating group) is 1. The third-order valence-electron chi connectivity index (χ3n) is 6.34. The van der Waals surface area contributed by atoms with E-state index in [1.807, 2.05) is 66.0 Å². The lowest BCUT2D eigenvalue weighted by atomic mass is 10.0. The average Bonchev–Trinajstić information content (AvgIpc) is 3.70. The van der Waals surface area contributed by atoms with E-state index in [0.29, 0.717) is 25.9 Å². The lowest BCUT2D eigenvalue weighted by molar-refractivity contribution is 0.127. The van der Waals surface area contributed by atoms with Crippen LogP contribution in [0.1, 0.15) is 27.9 Å². The van der Waals surface area contributed by atoms with E-state index in [0.717, 1.165) is 27.6 Å². The number of benzene rings is 2. The molecule has 11 heteroatoms. The first-order valence-corrected chi connectivity index (χ1v) is 15.3. The molecule has 0 saturated heterocycles. The molecule has 2 amide bonds. The third kappa shape index (κ3) is 10.9. The average molecular weight is 594 g/mol. The van der Waals surface area contributed by atoms with Crippen molar-refractivity contribution in [1.29, 1.82) is 0 Å². The van der Waals surface area contributed by atoms with Gasteiger partial charge in [-0.3, -0.25) is 9.88 Å². The van der Waals surface area contributed by atoms with Gasteiger partial charge in [-0.2, -0.15) is 0 Å². The number of ether oxygens (including phenoxy) is 2. The van der Waals surface area contributed by atoms with Crippen LogP contribution in [0.15, 0.2) is 83.9 Å². The van der Waals surface area contributed by atoms with Crippen molar-refractivity contribution in [3.8, 4) is 0 Å². The van der Waals surface area contributed by atoms with Gasteiger partial charge in [0.2, 0.25) is 0 Å². The van der Waals surface area contributed by atoms with E-state index in [9.17, 15) is 9.59 Å². The summed E-state index contributed by atoms with van der Waals surface area (Å²) in [5.41, 5.74) is 3.93. The first kappa shape index (κ1) is 30.2. The highest BCUT2D eigenvalue weighted by Crippen LogP contribution is 2.11. The minimum absolute atomic E-state index is 0.131. The smallest absolute Gasteiger partial charge is 0.407 e. The fourth-order valence-electron chi connectivity index (χ4n) is 4.39. The highest BCUT2D eigenvalue weighted by atomic mass is 32.1. The van der Waals surface area contributed by atoms with Gasteiger partial charge in [0.25, 0.3) is 0 Å². The number of hydrogen-bond acceptors (Lipinski definition) is 9. The van der Waals surface area contributed by atoms with Crippen LogP contribution in [0.2, 0.25) is 0 Å². The summed E-state index contributed by atoms with van der Waals surface area (Å²) in [6.07, 6.45) is 3.70. The maximum atomic E-state index is 12.7. The second-order valence-electron chi connectivity index (χ2n) is 9.46. The van der Waals surface area contributed by atoms with Gasteiger partial charge < -0.3 is 20.1 Å². The largest absolute Gasteiger partial charge is 0.444 e. The van der Waals surface area contributed by atoms with E-state index in [2.05, 4.69) is 32.4 Å². The second kappa shape index (κ2) is 16.5. The highest BCUT2D eigenvalue weighted by molar-refractivity contribution is 7.09. The predicted octanol–water partition coefficient (Wildman–Crippen LogP) is 5.30. The summed E-state index contributed by atoms with van der Waals surface area (Å²) in [5, 5.41) is 8.70. The van der Waals surface area contributed by atoms with Gasteiger partial charge in [0.05, 0.1) is 10.4 Å². The zero-order chi connectivity index (χ0) is 28.7. The number of rotatable bonds is 15. The molecule has 4 aromatic rings. The standard InChI is InChI=1S/C30H35N5O4S2/c1-2-35(18-25(15-23-9-5-3-6-10-23)33-29(36)38-20-27-17-31-22-41-27)19-26(16-24-11-7-4-8-12-24)34-30(37)39-21-28-32-13-14-40-28/h3-14,17,22,25-26H,2,15-16,18-21H2,1H3,(H,33,36)(H,34,37)/t25-,26-/m1/s1. The SMILES string of the molecule is CCN(C[C@@H](Cc1ccccc1)NC(=O)OCc1cncs1)C[C@@H](Cc1ccccc1)NC(=O)OCc1nccs1. The number of nitrogens with one attached hydrogen (secondary N) is 2. The Balaban J connectivity index is 1.41. The molecule has 4 rings (SSSR count). The van der Waals surface area contributed by atoms with Gasteiger partial charge >= 0.3 is 12.2 Å². The van der Waals surface area contributed by atoms with Gasteiger partial charge in [-0.05, 0) is 30.5 Å². The van der Waals surface area contributed by atoms with E-state index in [4.69, 9.17) is 9.47 Å². The topological polar surface area (TPSA) is 106 Å². The molecule has 0 saturated carbocycles. The number of thiazole rings is 2. The molecule has 0 aliphatic rings. The molecule has 2 aromatic carbocycles. The summed E-state index contributed by atoms with van der Waals surface area (Å²) in [4.78, 5) is 36.8. The minimum atomic E-state index is -0.484. The van der Waals surface area contributed by atoms with Crippen molar-refractivity contribution in [2.75, 3.05) is 19.6 Å². The van der Waals surface area contributed by atoms with Crippen molar-refractivity contribution in [3.63, 3.8) is 0 Å². The zero-order valence-corrected chi connectivity index (χ0v) is 24.6. The van der Waals surface area contributed by atoms with E-state index < -0.39 is 12.2 Å². The van der Waals surface area contributed by atoms with Crippen LogP contribution in [0.3, 0.4) is 0 Å². The first-order chi connectivity index (χ1) is 20.1. The van der Waals surface area contributed by atoms with Crippen molar-refractivity contribution >= 4 is 34.9 Å². The van der Waals surface area contributed by atoms with Gasteiger partial charge in [-0.15, -0.1) is 22.7 Å². The van der Waals surface area contributed by atoms with Crippen LogP contribution in [-0.4, -0.2) is 58.8 Å². The Bertz CT molecular complexity index is 1190. The Kier molecular flexibility index (Phi) is 12.1. The van der Waals surface area contributed by atoms with Crippen LogP contribution < -0.4 is 10.6 Å². The van der Waals surface area contributed by atoms with Gasteiger partial charge in [-0.25, -0.2) is 14.6 Å². The van der Waals surface area contributed by atoms with E-state index >= 15 is 0 Å². The van der Waals surface area contributed by atoms with Crippen molar-refractivity contribution in [2.45, 2.75) is 45.1 Å². The molecule has 2 atom stereocenters. The van der Waals surface area contributed by atoms with E-state index in [1.54, 1.807) is 17.9 Å². The van der Waals surface area contributed by atoms with Crippen LogP contribution in [0.5, 0.6) is 0 Å². The fraction of sp³-hybridized carbons (Fsp3) is 0.333. The Morgan fingerprint density at radius 3 is 1.93 bits per heavy atom. The quantitative estimate of drug-likeness (QED) is 0.193. The zero-order valence-electron chi connectivity index (χ0n) is 23.0. The Morgan fingerprint density at radius 1 is 0.854 bits per heavy atom. The van der Waals surface area contributed by atoms with Crippen LogP contribution in [0.4, 0.5) is 9.59 Å². The van der Waals surface area contributed by atoms with Crippen LogP contribution in [-0.2, 0) is 35.5 Å². The summed E-state index contributed by atoms with van der Waals surface area (Å²) in [7, 11) is 0. The van der Waals surface area contributed by atoms with E-state index in [1.165, 1.54) is 22.7 Å². The van der Waals surface area contributed by atoms with Crippen molar-refractivity contribution in [3.05, 3.63) is 105 Å². The normalized spacial score (nSPS) is 12.4. The van der Waals surface area contributed by atoms with E-state index in [-0.39, 0.29) is 25.3 Å². The molecule has 0 radical (unpaired) electrons. The Labute approximate surface area is 248 Å². The van der Waals surface area contributed by atoms with Crippen LogP contribution in [0.25, 0.3) is 0 Å². The fourth-order valence-corrected chi connectivity index (χ4v) is 5.43. The van der Waals surface area contributed by atoms with Crippen molar-refractivity contribution in [2.24, 2.45) is 0 Å². The number of carbonyl (C=O) groups is 2. The van der Waals surface area contributed by atoms with Crippen LogP contribution in [0, 0.1) is 0 Å². The molecular formula is C30H35N5O4S2. The minimum Gasteiger partial charge on any atom is -0.444 e. The number of aromatic nitrogens is 2. The summed E-state index contributed by atoms with van der Waals surface area (Å²) in [6, 6.07) is 19.7. The maximum absolute atomic E-state index is 12.7. The molecule has 41 heavy (non-hydrogen) atoms. The Morgan fingerprint density at radius 2 is 1.44 bits per heavy atom. The summed E-state index contributed by atoms with van der Waals surface area (Å²) in [6.45, 7) is 4.25. The molecule has 0 unspecified atom stereocenters. The molecule has 0 spiro atoms. The molecule has 0 fully saturated rings. The molecule has 0 aliphatic heterocycles. The van der Waals surface area contributed by atoms with Crippen molar-refractivity contribution in [1.82, 2.24) is 25.5 Å². The van der Waals surface area contributed by atoms with Crippen molar-refractivity contribution < 1.29 is 19.1 Å². The van der Waals surface area contributed by atoms with Gasteiger partial charge in [0, 0.05) is 42.9 Å². The third-order valence-corrected chi connectivity index (χ3v) is 7.84. The Hall–Kier alpha value is -3.80. The molecule has 2 aromatic heterocycles. The second-order valence-corrected chi connectivity index (χ2v) is 11.4. The predicted molar refractivity (Wildman–Crippen MR) is 161 cm³/mol. The summed E-state index contributed by atoms with van der Waals surface area (Å²) in [5.74, 6) is 0. The highest BCUT2D eigenvalue weighted by Gasteiger charge is 2.22. The lowest BCUT2D eigenvalue weighted by Gasteiger charge is -2.30. The molecule has 216 valence electrons. The van der Waals surface area contributed by atoms with Gasteiger partial charge in [0.1, 0.15) is 18.2 Å². The molecule has 2 heterocycles. The number of carbonyl (C=O) groups excluding carboxylic acids is 2. The number of nitrogens with zero attached hydrogens (tertiary/aromatic N) is 3. The number of amides is 2. The lowest BCUT2D eigenvalue weighted by Crippen LogP contribution is -2.50. The number of alkyl carbamates (subject to hydrolysis) is 2. The van der Waals surface area contributed by atoms with Gasteiger partial charge in [-0.1, -0.05) is 67.6 Å².